The Labute approximate surface area is 168 Å². The van der Waals surface area contributed by atoms with Crippen LogP contribution in [0.4, 0.5) is 4.39 Å². The Balaban J connectivity index is 0.000000684. The third-order valence-corrected chi connectivity index (χ3v) is 3.75. The van der Waals surface area contributed by atoms with Crippen LogP contribution in [-0.2, 0) is 19.1 Å². The van der Waals surface area contributed by atoms with Gasteiger partial charge in [0, 0.05) is 37.1 Å². The van der Waals surface area contributed by atoms with Crippen molar-refractivity contribution in [3.63, 3.8) is 0 Å². The van der Waals surface area contributed by atoms with Crippen molar-refractivity contribution >= 4 is 35.0 Å². The molecule has 0 aromatic heterocycles. The maximum absolute atomic E-state index is 13.0. The van der Waals surface area contributed by atoms with Crippen LogP contribution in [0.3, 0.4) is 0 Å². The molecule has 0 heterocycles. The topological polar surface area (TPSA) is 97.2 Å². The van der Waals surface area contributed by atoms with E-state index in [2.05, 4.69) is 19.8 Å². The van der Waals surface area contributed by atoms with Crippen molar-refractivity contribution in [3.8, 4) is 0 Å². The minimum atomic E-state index is -0.749. The predicted octanol–water partition coefficient (Wildman–Crippen LogP) is 3.29. The number of ether oxygens (including phenoxy) is 2. The van der Waals surface area contributed by atoms with Crippen LogP contribution in [0.2, 0.25) is 5.02 Å². The van der Waals surface area contributed by atoms with E-state index in [1.165, 1.54) is 33.4 Å². The summed E-state index contributed by atoms with van der Waals surface area (Å²) >= 11 is 5.84. The summed E-state index contributed by atoms with van der Waals surface area (Å²) in [7, 11) is 5.75. The number of allylic oxidation sites excluding steroid dienone is 1. The first-order chi connectivity index (χ1) is 13.1. The summed E-state index contributed by atoms with van der Waals surface area (Å²) in [6, 6.07) is 3.45. The van der Waals surface area contributed by atoms with Gasteiger partial charge in [-0.15, -0.1) is 0 Å². The van der Waals surface area contributed by atoms with Gasteiger partial charge in [-0.3, -0.25) is 4.99 Å². The van der Waals surface area contributed by atoms with Crippen LogP contribution < -0.4 is 5.32 Å². The molecule has 2 N–H and O–H groups in total. The second-order valence-corrected chi connectivity index (χ2v) is 5.66. The van der Waals surface area contributed by atoms with E-state index in [0.29, 0.717) is 0 Å². The van der Waals surface area contributed by atoms with Gasteiger partial charge in [-0.25, -0.2) is 14.0 Å². The van der Waals surface area contributed by atoms with E-state index in [-0.39, 0.29) is 27.8 Å². The number of benzene rings is 1. The highest BCUT2D eigenvalue weighted by Crippen LogP contribution is 2.26. The molecule has 0 fully saturated rings. The summed E-state index contributed by atoms with van der Waals surface area (Å²) in [5.41, 5.74) is 1.09. The monoisotopic (exact) mass is 414 g/mol. The second-order valence-electron chi connectivity index (χ2n) is 5.25. The summed E-state index contributed by atoms with van der Waals surface area (Å²) in [4.78, 5) is 25.9. The van der Waals surface area contributed by atoms with E-state index in [1.807, 2.05) is 0 Å². The summed E-state index contributed by atoms with van der Waals surface area (Å²) in [5.74, 6) is -2.02. The fourth-order valence-electron chi connectivity index (χ4n) is 1.75. The van der Waals surface area contributed by atoms with Crippen molar-refractivity contribution in [2.24, 2.45) is 4.99 Å². The Morgan fingerprint density at radius 2 is 1.86 bits per heavy atom. The molecule has 154 valence electrons. The highest BCUT2D eigenvalue weighted by molar-refractivity contribution is 6.33. The average molecular weight is 415 g/mol. The summed E-state index contributed by atoms with van der Waals surface area (Å²) in [5, 5.41) is 12.9. The molecule has 0 spiro atoms. The van der Waals surface area contributed by atoms with E-state index in [9.17, 15) is 19.1 Å². The third-order valence-electron chi connectivity index (χ3n) is 3.44. The van der Waals surface area contributed by atoms with Gasteiger partial charge in [-0.2, -0.15) is 0 Å². The molecule has 0 radical (unpaired) electrons. The maximum atomic E-state index is 13.0. The fourth-order valence-corrected chi connectivity index (χ4v) is 2.01. The maximum Gasteiger partial charge on any atom is 0.343 e. The van der Waals surface area contributed by atoms with E-state index in [1.54, 1.807) is 20.9 Å². The van der Waals surface area contributed by atoms with E-state index < -0.39 is 17.5 Å². The number of methoxy groups -OCH3 is 2. The Hall–Kier alpha value is -2.87. The summed E-state index contributed by atoms with van der Waals surface area (Å²) in [6.45, 7) is 3.33. The van der Waals surface area contributed by atoms with Gasteiger partial charge in [0.15, 0.2) is 0 Å². The molecule has 0 atom stereocenters. The molecule has 0 bridgehead atoms. The van der Waals surface area contributed by atoms with Gasteiger partial charge in [-0.1, -0.05) is 11.6 Å². The zero-order chi connectivity index (χ0) is 21.9. The molecular weight excluding hydrogens is 391 g/mol. The molecule has 1 rings (SSSR count). The van der Waals surface area contributed by atoms with Crippen LogP contribution in [0, 0.1) is 5.82 Å². The number of hydrogen-bond acceptors (Lipinski definition) is 7. The minimum Gasteiger partial charge on any atom is -0.506 e. The summed E-state index contributed by atoms with van der Waals surface area (Å²) in [6.07, 6.45) is 1.39. The Morgan fingerprint density at radius 3 is 2.29 bits per heavy atom. The molecule has 0 saturated heterocycles. The number of hydrogen-bond donors (Lipinski definition) is 2. The van der Waals surface area contributed by atoms with Crippen LogP contribution in [0.15, 0.2) is 40.5 Å². The summed E-state index contributed by atoms with van der Waals surface area (Å²) < 4.78 is 21.9. The quantitative estimate of drug-likeness (QED) is 0.332. The van der Waals surface area contributed by atoms with Crippen molar-refractivity contribution < 1.29 is 28.6 Å². The molecule has 0 unspecified atom stereocenters. The fraction of sp³-hybridized carbons (Fsp3) is 0.316. The van der Waals surface area contributed by atoms with Crippen LogP contribution >= 0.6 is 11.6 Å². The van der Waals surface area contributed by atoms with Gasteiger partial charge in [0.25, 0.3) is 0 Å². The normalized spacial score (nSPS) is 12.3. The van der Waals surface area contributed by atoms with Crippen molar-refractivity contribution in [2.75, 3.05) is 28.3 Å². The SMILES string of the molecule is CN=C(C)C(C(=O)OC)=C(O)c1ccc(F)cc1Cl.CNC(C)=CC(=O)OC. The second kappa shape index (κ2) is 12.5. The molecule has 1 aromatic rings. The van der Waals surface area contributed by atoms with E-state index >= 15 is 0 Å². The first-order valence-corrected chi connectivity index (χ1v) is 8.35. The number of carbonyl (C=O) groups is 2. The standard InChI is InChI=1S/C13H13ClFNO3.C6H11NO2/c1-7(16-2)11(13(18)19-3)12(17)9-5-4-8(15)6-10(9)14;1-5(7-2)4-6(8)9-3/h4-6,17H,1-3H3;4,7H,1-3H3. The molecule has 9 heteroatoms. The molecule has 7 nitrogen and oxygen atoms in total. The molecular formula is C19H24ClFN2O5. The number of nitrogens with zero attached hydrogens (tertiary/aromatic N) is 1. The number of carbonyl (C=O) groups excluding carboxylic acids is 2. The van der Waals surface area contributed by atoms with Gasteiger partial charge in [-0.05, 0) is 32.0 Å². The number of aliphatic imine (C=N–C) groups is 1. The lowest BCUT2D eigenvalue weighted by Crippen LogP contribution is -2.14. The van der Waals surface area contributed by atoms with Crippen molar-refractivity contribution in [3.05, 3.63) is 51.9 Å². The smallest absolute Gasteiger partial charge is 0.343 e. The largest absolute Gasteiger partial charge is 0.506 e. The molecule has 0 aliphatic rings. The zero-order valence-corrected chi connectivity index (χ0v) is 17.3. The van der Waals surface area contributed by atoms with Crippen LogP contribution in [0.5, 0.6) is 0 Å². The highest BCUT2D eigenvalue weighted by atomic mass is 35.5. The Morgan fingerprint density at radius 1 is 1.25 bits per heavy atom. The highest BCUT2D eigenvalue weighted by Gasteiger charge is 2.21. The van der Waals surface area contributed by atoms with Gasteiger partial charge in [0.05, 0.1) is 19.2 Å². The zero-order valence-electron chi connectivity index (χ0n) is 16.6. The molecule has 28 heavy (non-hydrogen) atoms. The van der Waals surface area contributed by atoms with Gasteiger partial charge in [0.1, 0.15) is 17.1 Å². The molecule has 0 aliphatic carbocycles. The Kier molecular flexibility index (Phi) is 11.2. The lowest BCUT2D eigenvalue weighted by molar-refractivity contribution is -0.136. The van der Waals surface area contributed by atoms with Crippen molar-refractivity contribution in [2.45, 2.75) is 13.8 Å². The number of esters is 2. The van der Waals surface area contributed by atoms with Gasteiger partial charge >= 0.3 is 11.9 Å². The number of halogens is 2. The van der Waals surface area contributed by atoms with Crippen molar-refractivity contribution in [1.29, 1.82) is 0 Å². The van der Waals surface area contributed by atoms with Crippen molar-refractivity contribution in [1.82, 2.24) is 5.32 Å². The molecule has 0 amide bonds. The van der Waals surface area contributed by atoms with Crippen LogP contribution in [0.1, 0.15) is 19.4 Å². The lowest BCUT2D eigenvalue weighted by atomic mass is 10.0. The first-order valence-electron chi connectivity index (χ1n) is 7.97. The minimum absolute atomic E-state index is 0.0113. The Bertz CT molecular complexity index is 804. The van der Waals surface area contributed by atoms with E-state index in [0.717, 1.165) is 17.8 Å². The lowest BCUT2D eigenvalue weighted by Gasteiger charge is -2.10. The first kappa shape index (κ1) is 25.1. The van der Waals surface area contributed by atoms with Crippen LogP contribution in [-0.4, -0.2) is 51.1 Å². The van der Waals surface area contributed by atoms with Gasteiger partial charge in [0.2, 0.25) is 0 Å². The number of aliphatic hydroxyl groups excluding tert-OH is 1. The molecule has 0 aliphatic heterocycles. The third kappa shape index (κ3) is 7.79. The van der Waals surface area contributed by atoms with E-state index in [4.69, 9.17) is 11.6 Å². The average Bonchev–Trinajstić information content (AvgIpc) is 2.67. The molecule has 1 aromatic carbocycles. The number of rotatable bonds is 5. The predicted molar refractivity (Wildman–Crippen MR) is 107 cm³/mol. The van der Waals surface area contributed by atoms with Gasteiger partial charge < -0.3 is 19.9 Å². The number of nitrogens with one attached hydrogen (secondary N) is 1. The van der Waals surface area contributed by atoms with Crippen LogP contribution in [0.25, 0.3) is 5.76 Å². The number of aliphatic hydroxyl groups is 1. The molecule has 0 saturated carbocycles.